The zero-order chi connectivity index (χ0) is 20.4. The summed E-state index contributed by atoms with van der Waals surface area (Å²) >= 11 is 5.73. The van der Waals surface area contributed by atoms with Crippen LogP contribution in [-0.2, 0) is 0 Å². The van der Waals surface area contributed by atoms with Crippen molar-refractivity contribution in [1.29, 1.82) is 0 Å². The molecule has 0 unspecified atom stereocenters. The SMILES string of the molecule is C[C@H](NC(=O)c1cc([N+](=O)[O-])c(Cl)c([N+](=O)[O-])c1)c1cccc2ccccc12. The number of nitrogens with zero attached hydrogens (tertiary/aromatic N) is 2. The summed E-state index contributed by atoms with van der Waals surface area (Å²) < 4.78 is 0. The molecule has 3 aromatic carbocycles. The number of nitro benzene ring substituents is 2. The van der Waals surface area contributed by atoms with Gasteiger partial charge in [0.2, 0.25) is 0 Å². The molecule has 0 radical (unpaired) electrons. The number of hydrogen-bond donors (Lipinski definition) is 1. The molecule has 0 saturated carbocycles. The maximum absolute atomic E-state index is 12.6. The summed E-state index contributed by atoms with van der Waals surface area (Å²) in [6.07, 6.45) is 0. The minimum atomic E-state index is -0.861. The van der Waals surface area contributed by atoms with Crippen molar-refractivity contribution < 1.29 is 14.6 Å². The zero-order valence-electron chi connectivity index (χ0n) is 14.6. The Morgan fingerprint density at radius 3 is 2.18 bits per heavy atom. The number of rotatable bonds is 5. The molecule has 0 aliphatic heterocycles. The van der Waals surface area contributed by atoms with Crippen LogP contribution in [-0.4, -0.2) is 15.8 Å². The molecular weight excluding hydrogens is 386 g/mol. The Bertz CT molecular complexity index is 1080. The van der Waals surface area contributed by atoms with Crippen LogP contribution in [0.1, 0.15) is 28.9 Å². The number of hydrogen-bond acceptors (Lipinski definition) is 5. The number of halogens is 1. The van der Waals surface area contributed by atoms with Gasteiger partial charge >= 0.3 is 0 Å². The summed E-state index contributed by atoms with van der Waals surface area (Å²) in [4.78, 5) is 33.2. The first-order valence-corrected chi connectivity index (χ1v) is 8.58. The van der Waals surface area contributed by atoms with Gasteiger partial charge in [0.15, 0.2) is 5.02 Å². The number of carbonyl (C=O) groups is 1. The highest BCUT2D eigenvalue weighted by molar-refractivity contribution is 6.35. The van der Waals surface area contributed by atoms with Crippen molar-refractivity contribution >= 4 is 39.7 Å². The number of amides is 1. The van der Waals surface area contributed by atoms with Crippen LogP contribution < -0.4 is 5.32 Å². The average Bonchev–Trinajstić information content (AvgIpc) is 2.67. The smallest absolute Gasteiger partial charge is 0.295 e. The van der Waals surface area contributed by atoms with Gasteiger partial charge in [-0.05, 0) is 23.3 Å². The van der Waals surface area contributed by atoms with Crippen molar-refractivity contribution in [3.63, 3.8) is 0 Å². The van der Waals surface area contributed by atoms with E-state index in [1.165, 1.54) is 0 Å². The summed E-state index contributed by atoms with van der Waals surface area (Å²) in [6.45, 7) is 1.76. The highest BCUT2D eigenvalue weighted by atomic mass is 35.5. The number of benzene rings is 3. The number of fused-ring (bicyclic) bond motifs is 1. The van der Waals surface area contributed by atoms with Gasteiger partial charge in [0.05, 0.1) is 21.5 Å². The largest absolute Gasteiger partial charge is 0.345 e. The quantitative estimate of drug-likeness (QED) is 0.488. The van der Waals surface area contributed by atoms with E-state index in [-0.39, 0.29) is 5.56 Å². The standard InChI is InChI=1S/C19H14ClN3O5/c1-11(14-8-4-6-12-5-2-3-7-15(12)14)21-19(24)13-9-16(22(25)26)18(20)17(10-13)23(27)28/h2-11H,1H3,(H,21,24)/t11-/m0/s1. The molecule has 142 valence electrons. The van der Waals surface area contributed by atoms with E-state index in [4.69, 9.17) is 11.6 Å². The molecule has 1 atom stereocenters. The van der Waals surface area contributed by atoms with Gasteiger partial charge in [-0.3, -0.25) is 25.0 Å². The van der Waals surface area contributed by atoms with E-state index in [9.17, 15) is 25.0 Å². The Balaban J connectivity index is 1.96. The van der Waals surface area contributed by atoms with Crippen LogP contribution in [0.2, 0.25) is 5.02 Å². The van der Waals surface area contributed by atoms with Crippen LogP contribution in [0.25, 0.3) is 10.8 Å². The predicted octanol–water partition coefficient (Wildman–Crippen LogP) is 4.80. The predicted molar refractivity (Wildman–Crippen MR) is 105 cm³/mol. The maximum Gasteiger partial charge on any atom is 0.295 e. The Morgan fingerprint density at radius 1 is 1.00 bits per heavy atom. The molecule has 1 N–H and O–H groups in total. The molecule has 0 saturated heterocycles. The fraction of sp³-hybridized carbons (Fsp3) is 0.105. The van der Waals surface area contributed by atoms with Gasteiger partial charge in [-0.25, -0.2) is 0 Å². The third kappa shape index (κ3) is 3.63. The number of carbonyl (C=O) groups excluding carboxylic acids is 1. The third-order valence-corrected chi connectivity index (χ3v) is 4.71. The summed E-state index contributed by atoms with van der Waals surface area (Å²) in [5.41, 5.74) is -0.753. The van der Waals surface area contributed by atoms with Crippen LogP contribution in [0, 0.1) is 20.2 Å². The van der Waals surface area contributed by atoms with Crippen LogP contribution in [0.4, 0.5) is 11.4 Å². The summed E-state index contributed by atoms with van der Waals surface area (Å²) in [7, 11) is 0. The topological polar surface area (TPSA) is 115 Å². The van der Waals surface area contributed by atoms with Gasteiger partial charge in [0.25, 0.3) is 17.3 Å². The van der Waals surface area contributed by atoms with Gasteiger partial charge in [-0.1, -0.05) is 54.1 Å². The van der Waals surface area contributed by atoms with E-state index in [2.05, 4.69) is 5.32 Å². The molecule has 0 spiro atoms. The maximum atomic E-state index is 12.6. The molecule has 0 aliphatic carbocycles. The van der Waals surface area contributed by atoms with Crippen molar-refractivity contribution in [2.75, 3.05) is 0 Å². The van der Waals surface area contributed by atoms with E-state index < -0.39 is 38.2 Å². The summed E-state index contributed by atoms with van der Waals surface area (Å²) in [6, 6.07) is 14.7. The van der Waals surface area contributed by atoms with Crippen molar-refractivity contribution in [1.82, 2.24) is 5.32 Å². The van der Waals surface area contributed by atoms with Gasteiger partial charge < -0.3 is 5.32 Å². The Morgan fingerprint density at radius 2 is 1.57 bits per heavy atom. The van der Waals surface area contributed by atoms with Gasteiger partial charge in [-0.15, -0.1) is 0 Å². The van der Waals surface area contributed by atoms with Crippen molar-refractivity contribution in [3.05, 3.63) is 91.0 Å². The molecule has 3 aromatic rings. The molecule has 8 nitrogen and oxygen atoms in total. The fourth-order valence-electron chi connectivity index (χ4n) is 2.98. The molecule has 0 aromatic heterocycles. The van der Waals surface area contributed by atoms with E-state index in [0.29, 0.717) is 0 Å². The molecule has 3 rings (SSSR count). The first kappa shape index (κ1) is 19.2. The van der Waals surface area contributed by atoms with Crippen LogP contribution >= 0.6 is 11.6 Å². The van der Waals surface area contributed by atoms with Gasteiger partial charge in [0, 0.05) is 12.1 Å². The molecule has 0 aliphatic rings. The van der Waals surface area contributed by atoms with Crippen LogP contribution in [0.3, 0.4) is 0 Å². The summed E-state index contributed by atoms with van der Waals surface area (Å²) in [5, 5.41) is 26.3. The van der Waals surface area contributed by atoms with E-state index in [1.807, 2.05) is 42.5 Å². The lowest BCUT2D eigenvalue weighted by molar-refractivity contribution is -0.393. The summed E-state index contributed by atoms with van der Waals surface area (Å²) in [5.74, 6) is -0.677. The Labute approximate surface area is 164 Å². The van der Waals surface area contributed by atoms with Gasteiger partial charge in [-0.2, -0.15) is 0 Å². The highest BCUT2D eigenvalue weighted by Gasteiger charge is 2.27. The molecule has 9 heteroatoms. The highest BCUT2D eigenvalue weighted by Crippen LogP contribution is 2.35. The molecule has 0 fully saturated rings. The fourth-order valence-corrected chi connectivity index (χ4v) is 3.22. The van der Waals surface area contributed by atoms with Crippen molar-refractivity contribution in [2.24, 2.45) is 0 Å². The number of nitro groups is 2. The monoisotopic (exact) mass is 399 g/mol. The zero-order valence-corrected chi connectivity index (χ0v) is 15.3. The normalized spacial score (nSPS) is 11.8. The van der Waals surface area contributed by atoms with E-state index in [1.54, 1.807) is 6.92 Å². The van der Waals surface area contributed by atoms with E-state index >= 15 is 0 Å². The second-order valence-corrected chi connectivity index (χ2v) is 6.48. The van der Waals surface area contributed by atoms with Crippen molar-refractivity contribution in [2.45, 2.75) is 13.0 Å². The third-order valence-electron chi connectivity index (χ3n) is 4.33. The molecule has 0 heterocycles. The van der Waals surface area contributed by atoms with Gasteiger partial charge in [0.1, 0.15) is 0 Å². The first-order chi connectivity index (χ1) is 13.3. The molecule has 28 heavy (non-hydrogen) atoms. The van der Waals surface area contributed by atoms with Crippen LogP contribution in [0.15, 0.2) is 54.6 Å². The lowest BCUT2D eigenvalue weighted by atomic mass is 9.99. The molecule has 1 amide bonds. The van der Waals surface area contributed by atoms with Crippen molar-refractivity contribution in [3.8, 4) is 0 Å². The lowest BCUT2D eigenvalue weighted by Gasteiger charge is -2.17. The van der Waals surface area contributed by atoms with E-state index in [0.717, 1.165) is 28.5 Å². The number of nitrogens with one attached hydrogen (secondary N) is 1. The second-order valence-electron chi connectivity index (χ2n) is 6.11. The molecule has 0 bridgehead atoms. The average molecular weight is 400 g/mol. The lowest BCUT2D eigenvalue weighted by Crippen LogP contribution is -2.27. The van der Waals surface area contributed by atoms with Crippen LogP contribution in [0.5, 0.6) is 0 Å². The molecular formula is C19H14ClN3O5. The Hall–Kier alpha value is -3.52. The first-order valence-electron chi connectivity index (χ1n) is 8.20. The second kappa shape index (κ2) is 7.61. The Kier molecular flexibility index (Phi) is 5.23. The minimum absolute atomic E-state index is 0.213. The minimum Gasteiger partial charge on any atom is -0.345 e.